The fourth-order valence-corrected chi connectivity index (χ4v) is 6.31. The number of methoxy groups -OCH3 is 1. The molecule has 0 saturated carbocycles. The zero-order valence-electron chi connectivity index (χ0n) is 21.7. The highest BCUT2D eigenvalue weighted by molar-refractivity contribution is 5.40. The van der Waals surface area contributed by atoms with Gasteiger partial charge in [0.2, 0.25) is 0 Å². The summed E-state index contributed by atoms with van der Waals surface area (Å²) in [6, 6.07) is 29.8. The Morgan fingerprint density at radius 2 is 1.49 bits per heavy atom. The van der Waals surface area contributed by atoms with Gasteiger partial charge in [-0.1, -0.05) is 93.6 Å². The molecule has 184 valence electrons. The van der Waals surface area contributed by atoms with E-state index >= 15 is 0 Å². The van der Waals surface area contributed by atoms with E-state index in [0.717, 1.165) is 12.3 Å². The third-order valence-corrected chi connectivity index (χ3v) is 8.21. The highest BCUT2D eigenvalue weighted by Crippen LogP contribution is 2.42. The van der Waals surface area contributed by atoms with Crippen molar-refractivity contribution in [3.05, 3.63) is 101 Å². The predicted octanol–water partition coefficient (Wildman–Crippen LogP) is 6.38. The molecule has 3 aromatic carbocycles. The second-order valence-corrected chi connectivity index (χ2v) is 11.3. The van der Waals surface area contributed by atoms with Crippen molar-refractivity contribution in [1.29, 1.82) is 0 Å². The van der Waals surface area contributed by atoms with E-state index in [0.29, 0.717) is 23.9 Å². The molecule has 1 N–H and O–H groups in total. The van der Waals surface area contributed by atoms with Crippen molar-refractivity contribution in [1.82, 2.24) is 10.2 Å². The normalized spacial score (nSPS) is 24.0. The molecular weight excluding hydrogens is 428 g/mol. The molecule has 0 unspecified atom stereocenters. The van der Waals surface area contributed by atoms with Crippen molar-refractivity contribution in [2.45, 2.75) is 63.6 Å². The standard InChI is InChI=1S/C32H40N2O/c1-32(2,3)27-15-16-28(35-4)26(21-27)22-33-30-25-17-19-34(20-18-25)31(30)29(23-11-7-5-8-12-23)24-13-9-6-10-14-24/h5-16,21,25,29-31,33H,17-20,22H2,1-4H3/t30-,31+/m1/s1. The Hall–Kier alpha value is -2.62. The van der Waals surface area contributed by atoms with E-state index in [2.05, 4.69) is 110 Å². The van der Waals surface area contributed by atoms with Gasteiger partial charge < -0.3 is 10.1 Å². The Balaban J connectivity index is 1.48. The molecule has 2 bridgehead atoms. The molecule has 3 aliphatic rings. The average molecular weight is 469 g/mol. The van der Waals surface area contributed by atoms with Crippen LogP contribution < -0.4 is 10.1 Å². The number of benzene rings is 3. The fourth-order valence-electron chi connectivity index (χ4n) is 6.31. The largest absolute Gasteiger partial charge is 0.496 e. The van der Waals surface area contributed by atoms with Crippen LogP contribution in [0.2, 0.25) is 0 Å². The highest BCUT2D eigenvalue weighted by Gasteiger charge is 2.46. The van der Waals surface area contributed by atoms with Gasteiger partial charge in [-0.2, -0.15) is 0 Å². The molecule has 2 atom stereocenters. The summed E-state index contributed by atoms with van der Waals surface area (Å²) < 4.78 is 5.78. The molecule has 0 aromatic heterocycles. The van der Waals surface area contributed by atoms with Gasteiger partial charge in [0.1, 0.15) is 5.75 Å². The number of piperidine rings is 3. The van der Waals surface area contributed by atoms with Gasteiger partial charge in [0.05, 0.1) is 7.11 Å². The Morgan fingerprint density at radius 3 is 2.03 bits per heavy atom. The maximum atomic E-state index is 5.78. The third-order valence-electron chi connectivity index (χ3n) is 8.21. The van der Waals surface area contributed by atoms with Crippen LogP contribution in [0.25, 0.3) is 0 Å². The lowest BCUT2D eigenvalue weighted by atomic mass is 9.70. The van der Waals surface area contributed by atoms with Crippen molar-refractivity contribution < 1.29 is 4.74 Å². The van der Waals surface area contributed by atoms with E-state index in [1.807, 2.05) is 0 Å². The number of ether oxygens (including phenoxy) is 1. The number of hydrogen-bond acceptors (Lipinski definition) is 3. The first-order valence-electron chi connectivity index (χ1n) is 13.2. The minimum Gasteiger partial charge on any atom is -0.496 e. The topological polar surface area (TPSA) is 24.5 Å². The molecule has 3 aliphatic heterocycles. The van der Waals surface area contributed by atoms with Crippen LogP contribution in [0.1, 0.15) is 61.8 Å². The minimum absolute atomic E-state index is 0.116. The smallest absolute Gasteiger partial charge is 0.123 e. The Kier molecular flexibility index (Phi) is 7.00. The molecule has 0 amide bonds. The Bertz CT molecular complexity index is 1060. The number of fused-ring (bicyclic) bond motifs is 3. The molecule has 3 fully saturated rings. The molecule has 3 aromatic rings. The Morgan fingerprint density at radius 1 is 0.886 bits per heavy atom. The molecule has 3 saturated heterocycles. The summed E-state index contributed by atoms with van der Waals surface area (Å²) in [5.74, 6) is 2.03. The zero-order valence-corrected chi connectivity index (χ0v) is 21.7. The van der Waals surface area contributed by atoms with Crippen molar-refractivity contribution in [2.24, 2.45) is 5.92 Å². The van der Waals surface area contributed by atoms with Gasteiger partial charge in [-0.15, -0.1) is 0 Å². The fraction of sp³-hybridized carbons (Fsp3) is 0.438. The van der Waals surface area contributed by atoms with Crippen LogP contribution in [0.3, 0.4) is 0 Å². The van der Waals surface area contributed by atoms with Gasteiger partial charge in [0.25, 0.3) is 0 Å². The van der Waals surface area contributed by atoms with Crippen LogP contribution in [0.15, 0.2) is 78.9 Å². The third kappa shape index (κ3) is 5.03. The molecule has 3 heteroatoms. The van der Waals surface area contributed by atoms with E-state index in [-0.39, 0.29) is 5.41 Å². The van der Waals surface area contributed by atoms with E-state index in [1.54, 1.807) is 7.11 Å². The van der Waals surface area contributed by atoms with Crippen molar-refractivity contribution in [3.8, 4) is 5.75 Å². The van der Waals surface area contributed by atoms with Crippen molar-refractivity contribution >= 4 is 0 Å². The summed E-state index contributed by atoms with van der Waals surface area (Å²) >= 11 is 0. The van der Waals surface area contributed by atoms with E-state index < -0.39 is 0 Å². The summed E-state index contributed by atoms with van der Waals surface area (Å²) in [6.45, 7) is 10.1. The lowest BCUT2D eigenvalue weighted by Gasteiger charge is -2.54. The summed E-state index contributed by atoms with van der Waals surface area (Å²) in [4.78, 5) is 2.76. The van der Waals surface area contributed by atoms with Crippen molar-refractivity contribution in [3.63, 3.8) is 0 Å². The van der Waals surface area contributed by atoms with Crippen LogP contribution in [-0.4, -0.2) is 37.2 Å². The molecule has 3 heterocycles. The van der Waals surface area contributed by atoms with E-state index in [9.17, 15) is 0 Å². The maximum Gasteiger partial charge on any atom is 0.123 e. The Labute approximate surface area is 211 Å². The lowest BCUT2D eigenvalue weighted by Crippen LogP contribution is -2.64. The summed E-state index contributed by atoms with van der Waals surface area (Å²) in [5, 5.41) is 4.07. The van der Waals surface area contributed by atoms with Gasteiger partial charge in [0, 0.05) is 30.1 Å². The number of rotatable bonds is 7. The highest BCUT2D eigenvalue weighted by atomic mass is 16.5. The van der Waals surface area contributed by atoms with Crippen LogP contribution in [0, 0.1) is 5.92 Å². The average Bonchev–Trinajstić information content (AvgIpc) is 2.89. The van der Waals surface area contributed by atoms with Gasteiger partial charge >= 0.3 is 0 Å². The first-order valence-corrected chi connectivity index (χ1v) is 13.2. The quantitative estimate of drug-likeness (QED) is 0.436. The van der Waals surface area contributed by atoms with E-state index in [1.165, 1.54) is 48.2 Å². The monoisotopic (exact) mass is 468 g/mol. The summed E-state index contributed by atoms with van der Waals surface area (Å²) in [6.07, 6.45) is 2.56. The van der Waals surface area contributed by atoms with Crippen LogP contribution in [0.4, 0.5) is 0 Å². The van der Waals surface area contributed by atoms with Crippen LogP contribution in [-0.2, 0) is 12.0 Å². The SMILES string of the molecule is COc1ccc(C(C)(C)C)cc1CN[C@@H]1C2CCN(CC2)[C@H]1C(c1ccccc1)c1ccccc1. The number of nitrogens with zero attached hydrogens (tertiary/aromatic N) is 1. The van der Waals surface area contributed by atoms with Gasteiger partial charge in [-0.3, -0.25) is 4.90 Å². The number of hydrogen-bond donors (Lipinski definition) is 1. The first-order chi connectivity index (χ1) is 17.0. The summed E-state index contributed by atoms with van der Waals surface area (Å²) in [7, 11) is 1.79. The lowest BCUT2D eigenvalue weighted by molar-refractivity contribution is 0.00462. The molecule has 0 spiro atoms. The summed E-state index contributed by atoms with van der Waals surface area (Å²) in [5.41, 5.74) is 5.55. The van der Waals surface area contributed by atoms with E-state index in [4.69, 9.17) is 4.74 Å². The first kappa shape index (κ1) is 24.1. The minimum atomic E-state index is 0.116. The van der Waals surface area contributed by atoms with Gasteiger partial charge in [-0.05, 0) is 60.0 Å². The number of nitrogens with one attached hydrogen (secondary N) is 1. The predicted molar refractivity (Wildman–Crippen MR) is 145 cm³/mol. The molecule has 6 rings (SSSR count). The second kappa shape index (κ2) is 10.2. The van der Waals surface area contributed by atoms with Crippen LogP contribution >= 0.6 is 0 Å². The van der Waals surface area contributed by atoms with Crippen molar-refractivity contribution in [2.75, 3.05) is 20.2 Å². The molecule has 0 radical (unpaired) electrons. The zero-order chi connectivity index (χ0) is 24.4. The maximum absolute atomic E-state index is 5.78. The molecule has 0 aliphatic carbocycles. The van der Waals surface area contributed by atoms with Gasteiger partial charge in [0.15, 0.2) is 0 Å². The second-order valence-electron chi connectivity index (χ2n) is 11.3. The molecule has 35 heavy (non-hydrogen) atoms. The van der Waals surface area contributed by atoms with Gasteiger partial charge in [-0.25, -0.2) is 0 Å². The molecule has 3 nitrogen and oxygen atoms in total. The molecular formula is C32H40N2O. The van der Waals surface area contributed by atoms with Crippen LogP contribution in [0.5, 0.6) is 5.75 Å².